The first-order chi connectivity index (χ1) is 11.0. The number of hydrogen-bond acceptors (Lipinski definition) is 1. The SMILES string of the molecule is CCCCCNC(=NC)NCC#Cc1cccc(C(F)(F)F)c1. The molecule has 0 aliphatic heterocycles. The van der Waals surface area contributed by atoms with Gasteiger partial charge in [0.15, 0.2) is 5.96 Å². The van der Waals surface area contributed by atoms with Gasteiger partial charge in [-0.3, -0.25) is 4.99 Å². The minimum Gasteiger partial charge on any atom is -0.356 e. The van der Waals surface area contributed by atoms with E-state index in [1.165, 1.54) is 6.07 Å². The Bertz CT molecular complexity index is 568. The third-order valence-electron chi connectivity index (χ3n) is 3.06. The molecule has 3 nitrogen and oxygen atoms in total. The fourth-order valence-electron chi connectivity index (χ4n) is 1.85. The molecule has 0 unspecified atom stereocenters. The summed E-state index contributed by atoms with van der Waals surface area (Å²) in [7, 11) is 1.66. The number of nitrogens with one attached hydrogen (secondary N) is 2. The topological polar surface area (TPSA) is 36.4 Å². The second-order valence-electron chi connectivity index (χ2n) is 4.94. The number of unbranched alkanes of at least 4 members (excludes halogenated alkanes) is 2. The lowest BCUT2D eigenvalue weighted by Crippen LogP contribution is -2.37. The lowest BCUT2D eigenvalue weighted by atomic mass is 10.1. The van der Waals surface area contributed by atoms with Gasteiger partial charge in [-0.2, -0.15) is 13.2 Å². The Balaban J connectivity index is 2.48. The molecule has 2 N–H and O–H groups in total. The molecule has 1 rings (SSSR count). The highest BCUT2D eigenvalue weighted by Crippen LogP contribution is 2.29. The minimum absolute atomic E-state index is 0.309. The maximum Gasteiger partial charge on any atom is 0.416 e. The number of hydrogen-bond donors (Lipinski definition) is 2. The second kappa shape index (κ2) is 9.78. The number of aliphatic imine (C=N–C) groups is 1. The molecule has 0 aromatic heterocycles. The van der Waals surface area contributed by atoms with E-state index in [2.05, 4.69) is 34.4 Å². The van der Waals surface area contributed by atoms with Crippen LogP contribution in [0.4, 0.5) is 13.2 Å². The Hall–Kier alpha value is -2.16. The van der Waals surface area contributed by atoms with E-state index in [1.54, 1.807) is 13.1 Å². The summed E-state index contributed by atoms with van der Waals surface area (Å²) in [6.07, 6.45) is -0.983. The zero-order valence-electron chi connectivity index (χ0n) is 13.4. The molecule has 0 saturated carbocycles. The lowest BCUT2D eigenvalue weighted by Gasteiger charge is -2.09. The second-order valence-corrected chi connectivity index (χ2v) is 4.94. The van der Waals surface area contributed by atoms with Gasteiger partial charge in [0, 0.05) is 19.2 Å². The van der Waals surface area contributed by atoms with Crippen molar-refractivity contribution in [2.45, 2.75) is 32.4 Å². The molecule has 0 saturated heterocycles. The summed E-state index contributed by atoms with van der Waals surface area (Å²) < 4.78 is 37.8. The molecule has 0 fully saturated rings. The van der Waals surface area contributed by atoms with Crippen molar-refractivity contribution >= 4 is 5.96 Å². The highest BCUT2D eigenvalue weighted by molar-refractivity contribution is 5.79. The molecular formula is C17H22F3N3. The molecular weight excluding hydrogens is 303 g/mol. The number of rotatable bonds is 5. The summed E-state index contributed by atoms with van der Waals surface area (Å²) in [5, 5.41) is 6.16. The Morgan fingerprint density at radius 3 is 2.65 bits per heavy atom. The van der Waals surface area contributed by atoms with Crippen LogP contribution >= 0.6 is 0 Å². The van der Waals surface area contributed by atoms with Crippen LogP contribution < -0.4 is 10.6 Å². The van der Waals surface area contributed by atoms with E-state index in [0.29, 0.717) is 18.1 Å². The third-order valence-corrected chi connectivity index (χ3v) is 3.06. The van der Waals surface area contributed by atoms with Crippen LogP contribution in [0, 0.1) is 11.8 Å². The average molecular weight is 325 g/mol. The zero-order valence-corrected chi connectivity index (χ0v) is 13.4. The highest BCUT2D eigenvalue weighted by atomic mass is 19.4. The molecule has 0 radical (unpaired) electrons. The maximum atomic E-state index is 12.6. The lowest BCUT2D eigenvalue weighted by molar-refractivity contribution is -0.137. The fraction of sp³-hybridized carbons (Fsp3) is 0.471. The molecule has 0 heterocycles. The van der Waals surface area contributed by atoms with Crippen LogP contribution in [-0.4, -0.2) is 26.1 Å². The van der Waals surface area contributed by atoms with Gasteiger partial charge in [-0.25, -0.2) is 0 Å². The first kappa shape index (κ1) is 18.9. The van der Waals surface area contributed by atoms with Gasteiger partial charge in [-0.05, 0) is 24.6 Å². The number of alkyl halides is 3. The summed E-state index contributed by atoms with van der Waals surface area (Å²) in [4.78, 5) is 4.05. The molecule has 1 aromatic carbocycles. The van der Waals surface area contributed by atoms with E-state index in [0.717, 1.165) is 37.9 Å². The molecule has 6 heteroatoms. The van der Waals surface area contributed by atoms with Crippen LogP contribution in [0.5, 0.6) is 0 Å². The molecule has 23 heavy (non-hydrogen) atoms. The molecule has 0 amide bonds. The van der Waals surface area contributed by atoms with Gasteiger partial charge < -0.3 is 10.6 Å². The van der Waals surface area contributed by atoms with Crippen molar-refractivity contribution in [3.05, 3.63) is 35.4 Å². The fourth-order valence-corrected chi connectivity index (χ4v) is 1.85. The standard InChI is InChI=1S/C17H22F3N3/c1-3-4-5-11-22-16(21-2)23-12-7-9-14-8-6-10-15(13-14)17(18,19)20/h6,8,10,13H,3-5,11-12H2,1-2H3,(H2,21,22,23). The number of halogens is 3. The van der Waals surface area contributed by atoms with E-state index in [9.17, 15) is 13.2 Å². The maximum absolute atomic E-state index is 12.6. The first-order valence-electron chi connectivity index (χ1n) is 7.58. The van der Waals surface area contributed by atoms with E-state index in [-0.39, 0.29) is 0 Å². The van der Waals surface area contributed by atoms with Crippen LogP contribution in [-0.2, 0) is 6.18 Å². The Kier molecular flexibility index (Phi) is 8.03. The van der Waals surface area contributed by atoms with Crippen molar-refractivity contribution in [3.63, 3.8) is 0 Å². The van der Waals surface area contributed by atoms with Crippen molar-refractivity contribution in [2.75, 3.05) is 20.1 Å². The highest BCUT2D eigenvalue weighted by Gasteiger charge is 2.30. The summed E-state index contributed by atoms with van der Waals surface area (Å²) in [6, 6.07) is 4.99. The molecule has 0 spiro atoms. The number of nitrogens with zero attached hydrogens (tertiary/aromatic N) is 1. The van der Waals surface area contributed by atoms with Crippen molar-refractivity contribution in [3.8, 4) is 11.8 Å². The largest absolute Gasteiger partial charge is 0.416 e. The summed E-state index contributed by atoms with van der Waals surface area (Å²) in [6.45, 7) is 3.27. The van der Waals surface area contributed by atoms with E-state index < -0.39 is 11.7 Å². The average Bonchev–Trinajstić information content (AvgIpc) is 2.53. The van der Waals surface area contributed by atoms with E-state index in [1.807, 2.05) is 0 Å². The normalized spacial score (nSPS) is 11.6. The van der Waals surface area contributed by atoms with Crippen molar-refractivity contribution in [2.24, 2.45) is 4.99 Å². The molecule has 0 bridgehead atoms. The van der Waals surface area contributed by atoms with E-state index in [4.69, 9.17) is 0 Å². The Morgan fingerprint density at radius 1 is 1.22 bits per heavy atom. The number of guanidine groups is 1. The molecule has 0 aliphatic rings. The summed E-state index contributed by atoms with van der Waals surface area (Å²) in [5.74, 6) is 6.15. The van der Waals surface area contributed by atoms with Crippen molar-refractivity contribution in [1.29, 1.82) is 0 Å². The minimum atomic E-state index is -4.35. The summed E-state index contributed by atoms with van der Waals surface area (Å²) in [5.41, 5.74) is -0.349. The monoisotopic (exact) mass is 325 g/mol. The first-order valence-corrected chi connectivity index (χ1v) is 7.58. The predicted octanol–water partition coefficient (Wildman–Crippen LogP) is 3.41. The molecule has 1 aromatic rings. The van der Waals surface area contributed by atoms with Crippen LogP contribution in [0.3, 0.4) is 0 Å². The molecule has 126 valence electrons. The summed E-state index contributed by atoms with van der Waals surface area (Å²) >= 11 is 0. The van der Waals surface area contributed by atoms with E-state index >= 15 is 0 Å². The Labute approximate surface area is 135 Å². The van der Waals surface area contributed by atoms with Gasteiger partial charge in [-0.15, -0.1) is 0 Å². The van der Waals surface area contributed by atoms with Crippen LogP contribution in [0.25, 0.3) is 0 Å². The van der Waals surface area contributed by atoms with Crippen LogP contribution in [0.1, 0.15) is 37.3 Å². The zero-order chi connectivity index (χ0) is 17.1. The molecule has 0 aliphatic carbocycles. The predicted molar refractivity (Wildman–Crippen MR) is 87.2 cm³/mol. The van der Waals surface area contributed by atoms with Gasteiger partial charge in [-0.1, -0.05) is 37.7 Å². The van der Waals surface area contributed by atoms with Gasteiger partial charge in [0.05, 0.1) is 12.1 Å². The third kappa shape index (κ3) is 7.59. The van der Waals surface area contributed by atoms with Crippen molar-refractivity contribution in [1.82, 2.24) is 10.6 Å². The molecule has 0 atom stereocenters. The quantitative estimate of drug-likeness (QED) is 0.377. The van der Waals surface area contributed by atoms with Gasteiger partial charge in [0.2, 0.25) is 0 Å². The van der Waals surface area contributed by atoms with Crippen molar-refractivity contribution < 1.29 is 13.2 Å². The van der Waals surface area contributed by atoms with Crippen LogP contribution in [0.2, 0.25) is 0 Å². The van der Waals surface area contributed by atoms with Gasteiger partial charge in [0.1, 0.15) is 0 Å². The number of benzene rings is 1. The van der Waals surface area contributed by atoms with Crippen LogP contribution in [0.15, 0.2) is 29.3 Å². The van der Waals surface area contributed by atoms with Gasteiger partial charge >= 0.3 is 6.18 Å². The van der Waals surface area contributed by atoms with Gasteiger partial charge in [0.25, 0.3) is 0 Å². The smallest absolute Gasteiger partial charge is 0.356 e. The Morgan fingerprint density at radius 2 is 2.00 bits per heavy atom.